The SMILES string of the molecule is COC[C@H]1COCCC12CCN(CCc1ccccc1)CC2. The second-order valence-corrected chi connectivity index (χ2v) is 6.92. The fraction of sp³-hybridized carbons (Fsp3) is 0.684. The van der Waals surface area contributed by atoms with Gasteiger partial charge in [0.05, 0.1) is 13.2 Å². The van der Waals surface area contributed by atoms with Crippen LogP contribution in [-0.4, -0.2) is 51.5 Å². The summed E-state index contributed by atoms with van der Waals surface area (Å²) in [6, 6.07) is 10.8. The minimum absolute atomic E-state index is 0.470. The molecule has 0 unspecified atom stereocenters. The average Bonchev–Trinajstić information content (AvgIpc) is 2.58. The van der Waals surface area contributed by atoms with Gasteiger partial charge in [-0.15, -0.1) is 0 Å². The van der Waals surface area contributed by atoms with Crippen molar-refractivity contribution in [3.63, 3.8) is 0 Å². The number of likely N-dealkylation sites (tertiary alicyclic amines) is 1. The van der Waals surface area contributed by atoms with Crippen LogP contribution in [0.4, 0.5) is 0 Å². The van der Waals surface area contributed by atoms with Gasteiger partial charge in [0.1, 0.15) is 0 Å². The lowest BCUT2D eigenvalue weighted by Gasteiger charge is -2.49. The van der Waals surface area contributed by atoms with Crippen molar-refractivity contribution >= 4 is 0 Å². The van der Waals surface area contributed by atoms with Crippen molar-refractivity contribution in [1.29, 1.82) is 0 Å². The Kier molecular flexibility index (Phi) is 5.51. The molecule has 1 atom stereocenters. The Balaban J connectivity index is 1.50. The largest absolute Gasteiger partial charge is 0.384 e. The number of hydrogen-bond acceptors (Lipinski definition) is 3. The monoisotopic (exact) mass is 303 g/mol. The minimum atomic E-state index is 0.470. The van der Waals surface area contributed by atoms with E-state index in [2.05, 4.69) is 35.2 Å². The van der Waals surface area contributed by atoms with Gasteiger partial charge >= 0.3 is 0 Å². The first kappa shape index (κ1) is 16.0. The topological polar surface area (TPSA) is 21.7 Å². The zero-order chi connectivity index (χ0) is 15.3. The molecule has 0 aliphatic carbocycles. The smallest absolute Gasteiger partial charge is 0.0521 e. The molecule has 1 spiro atoms. The fourth-order valence-corrected chi connectivity index (χ4v) is 4.12. The van der Waals surface area contributed by atoms with E-state index < -0.39 is 0 Å². The van der Waals surface area contributed by atoms with E-state index in [1.807, 2.05) is 7.11 Å². The molecule has 1 aromatic carbocycles. The molecular formula is C19H29NO2. The summed E-state index contributed by atoms with van der Waals surface area (Å²) in [4.78, 5) is 2.64. The molecule has 1 aromatic rings. The lowest BCUT2D eigenvalue weighted by atomic mass is 9.66. The number of nitrogens with zero attached hydrogens (tertiary/aromatic N) is 1. The van der Waals surface area contributed by atoms with Gasteiger partial charge in [-0.2, -0.15) is 0 Å². The van der Waals surface area contributed by atoms with E-state index in [0.717, 1.165) is 19.8 Å². The Hall–Kier alpha value is -0.900. The van der Waals surface area contributed by atoms with Crippen LogP contribution in [-0.2, 0) is 15.9 Å². The van der Waals surface area contributed by atoms with Crippen LogP contribution < -0.4 is 0 Å². The van der Waals surface area contributed by atoms with Crippen molar-refractivity contribution in [2.75, 3.05) is 46.6 Å². The number of benzene rings is 1. The first-order valence-corrected chi connectivity index (χ1v) is 8.65. The third-order valence-corrected chi connectivity index (χ3v) is 5.71. The van der Waals surface area contributed by atoms with Crippen LogP contribution in [0.1, 0.15) is 24.8 Å². The van der Waals surface area contributed by atoms with E-state index in [-0.39, 0.29) is 0 Å². The molecule has 3 nitrogen and oxygen atoms in total. The lowest BCUT2D eigenvalue weighted by molar-refractivity contribution is -0.0942. The highest BCUT2D eigenvalue weighted by atomic mass is 16.5. The van der Waals surface area contributed by atoms with Crippen molar-refractivity contribution < 1.29 is 9.47 Å². The molecule has 0 aromatic heterocycles. The predicted octanol–water partition coefficient (Wildman–Crippen LogP) is 2.99. The summed E-state index contributed by atoms with van der Waals surface area (Å²) >= 11 is 0. The molecule has 0 amide bonds. The molecule has 0 radical (unpaired) electrons. The summed E-state index contributed by atoms with van der Waals surface area (Å²) in [5, 5.41) is 0. The first-order valence-electron chi connectivity index (χ1n) is 8.65. The van der Waals surface area contributed by atoms with Crippen LogP contribution in [0.25, 0.3) is 0 Å². The molecule has 2 aliphatic heterocycles. The summed E-state index contributed by atoms with van der Waals surface area (Å²) in [7, 11) is 1.82. The van der Waals surface area contributed by atoms with Crippen molar-refractivity contribution in [3.8, 4) is 0 Å². The van der Waals surface area contributed by atoms with E-state index in [1.54, 1.807) is 0 Å². The van der Waals surface area contributed by atoms with Crippen molar-refractivity contribution in [2.45, 2.75) is 25.7 Å². The standard InChI is InChI=1S/C19H29NO2/c1-21-15-18-16-22-14-10-19(18)8-12-20(13-9-19)11-7-17-5-3-2-4-6-17/h2-6,18H,7-16H2,1H3/t18-/m0/s1. The van der Waals surface area contributed by atoms with Gasteiger partial charge in [-0.1, -0.05) is 30.3 Å². The maximum atomic E-state index is 5.70. The van der Waals surface area contributed by atoms with Crippen LogP contribution in [0.15, 0.2) is 30.3 Å². The lowest BCUT2D eigenvalue weighted by Crippen LogP contribution is -2.49. The quantitative estimate of drug-likeness (QED) is 0.834. The summed E-state index contributed by atoms with van der Waals surface area (Å²) in [5.41, 5.74) is 1.92. The van der Waals surface area contributed by atoms with E-state index in [9.17, 15) is 0 Å². The number of hydrogen-bond donors (Lipinski definition) is 0. The summed E-state index contributed by atoms with van der Waals surface area (Å²) in [5.74, 6) is 0.586. The molecule has 3 heteroatoms. The highest BCUT2D eigenvalue weighted by molar-refractivity contribution is 5.14. The second kappa shape index (κ2) is 7.58. The van der Waals surface area contributed by atoms with Gasteiger partial charge in [0.25, 0.3) is 0 Å². The summed E-state index contributed by atoms with van der Waals surface area (Å²) in [6.45, 7) is 6.32. The minimum Gasteiger partial charge on any atom is -0.384 e. The number of methoxy groups -OCH3 is 1. The number of piperidine rings is 1. The maximum absolute atomic E-state index is 5.70. The molecule has 122 valence electrons. The van der Waals surface area contributed by atoms with Crippen LogP contribution in [0.2, 0.25) is 0 Å². The highest BCUT2D eigenvalue weighted by Gasteiger charge is 2.43. The Morgan fingerprint density at radius 2 is 1.95 bits per heavy atom. The third-order valence-electron chi connectivity index (χ3n) is 5.71. The zero-order valence-corrected chi connectivity index (χ0v) is 13.8. The predicted molar refractivity (Wildman–Crippen MR) is 89.1 cm³/mol. The van der Waals surface area contributed by atoms with Crippen LogP contribution in [0.5, 0.6) is 0 Å². The van der Waals surface area contributed by atoms with Gasteiger partial charge in [-0.25, -0.2) is 0 Å². The molecule has 2 aliphatic rings. The Labute approximate surface area is 134 Å². The molecule has 2 fully saturated rings. The van der Waals surface area contributed by atoms with Crippen LogP contribution >= 0.6 is 0 Å². The number of rotatable bonds is 5. The normalized spacial score (nSPS) is 25.4. The van der Waals surface area contributed by atoms with E-state index in [1.165, 1.54) is 50.9 Å². The average molecular weight is 303 g/mol. The zero-order valence-electron chi connectivity index (χ0n) is 13.8. The maximum Gasteiger partial charge on any atom is 0.0521 e. The van der Waals surface area contributed by atoms with E-state index >= 15 is 0 Å². The van der Waals surface area contributed by atoms with Gasteiger partial charge in [-0.05, 0) is 49.8 Å². The van der Waals surface area contributed by atoms with Crippen LogP contribution in [0, 0.1) is 11.3 Å². The first-order chi connectivity index (χ1) is 10.8. The van der Waals surface area contributed by atoms with Gasteiger partial charge in [0.2, 0.25) is 0 Å². The van der Waals surface area contributed by atoms with E-state index in [0.29, 0.717) is 11.3 Å². The van der Waals surface area contributed by atoms with Gasteiger partial charge in [-0.3, -0.25) is 0 Å². The van der Waals surface area contributed by atoms with E-state index in [4.69, 9.17) is 9.47 Å². The Morgan fingerprint density at radius 3 is 2.68 bits per heavy atom. The van der Waals surface area contributed by atoms with Crippen molar-refractivity contribution in [3.05, 3.63) is 35.9 Å². The van der Waals surface area contributed by atoms with Gasteiger partial charge < -0.3 is 14.4 Å². The molecule has 3 rings (SSSR count). The molecule has 0 bridgehead atoms. The highest BCUT2D eigenvalue weighted by Crippen LogP contribution is 2.44. The van der Waals surface area contributed by atoms with Crippen LogP contribution in [0.3, 0.4) is 0 Å². The fourth-order valence-electron chi connectivity index (χ4n) is 4.12. The third kappa shape index (κ3) is 3.70. The summed E-state index contributed by atoms with van der Waals surface area (Å²) in [6.07, 6.45) is 4.99. The molecule has 22 heavy (non-hydrogen) atoms. The summed E-state index contributed by atoms with van der Waals surface area (Å²) < 4.78 is 11.1. The molecule has 2 saturated heterocycles. The van der Waals surface area contributed by atoms with Crippen molar-refractivity contribution in [2.24, 2.45) is 11.3 Å². The molecule has 0 saturated carbocycles. The van der Waals surface area contributed by atoms with Crippen molar-refractivity contribution in [1.82, 2.24) is 4.90 Å². The number of ether oxygens (including phenoxy) is 2. The second-order valence-electron chi connectivity index (χ2n) is 6.92. The Bertz CT molecular complexity index is 438. The van der Waals surface area contributed by atoms with Gasteiger partial charge in [0, 0.05) is 26.2 Å². The molecular weight excluding hydrogens is 274 g/mol. The van der Waals surface area contributed by atoms with Gasteiger partial charge in [0.15, 0.2) is 0 Å². The Morgan fingerprint density at radius 1 is 1.18 bits per heavy atom. The molecule has 0 N–H and O–H groups in total. The molecule has 2 heterocycles.